The van der Waals surface area contributed by atoms with E-state index in [2.05, 4.69) is 5.32 Å². The van der Waals surface area contributed by atoms with E-state index in [0.29, 0.717) is 17.9 Å². The number of carbonyl (C=O) groups is 2. The summed E-state index contributed by atoms with van der Waals surface area (Å²) >= 11 is 0. The zero-order chi connectivity index (χ0) is 13.7. The molecule has 5 nitrogen and oxygen atoms in total. The Labute approximate surface area is 106 Å². The molecule has 0 atom stereocenters. The van der Waals surface area contributed by atoms with E-state index in [1.807, 2.05) is 6.92 Å². The molecule has 98 valence electrons. The van der Waals surface area contributed by atoms with Crippen LogP contribution in [-0.2, 0) is 9.53 Å². The lowest BCUT2D eigenvalue weighted by Crippen LogP contribution is -2.19. The second-order valence-electron chi connectivity index (χ2n) is 3.97. The Bertz CT molecular complexity index is 468. The van der Waals surface area contributed by atoms with Crippen LogP contribution in [0.15, 0.2) is 12.1 Å². The Kier molecular flexibility index (Phi) is 4.85. The van der Waals surface area contributed by atoms with Crippen molar-refractivity contribution in [3.05, 3.63) is 28.8 Å². The molecule has 0 aromatic heterocycles. The largest absolute Gasteiger partial charge is 0.478 e. The van der Waals surface area contributed by atoms with Gasteiger partial charge < -0.3 is 15.2 Å². The molecule has 2 N–H and O–H groups in total. The number of carboxylic acids is 1. The van der Waals surface area contributed by atoms with Crippen LogP contribution < -0.4 is 5.32 Å². The quantitative estimate of drug-likeness (QED) is 0.839. The van der Waals surface area contributed by atoms with Crippen LogP contribution in [0.25, 0.3) is 0 Å². The first-order chi connectivity index (χ1) is 8.45. The van der Waals surface area contributed by atoms with Gasteiger partial charge in [0.1, 0.15) is 6.61 Å². The minimum Gasteiger partial charge on any atom is -0.478 e. The molecule has 1 amide bonds. The van der Waals surface area contributed by atoms with Crippen LogP contribution in [-0.4, -0.2) is 30.2 Å². The first kappa shape index (κ1) is 14.2. The topological polar surface area (TPSA) is 75.6 Å². The third-order valence-corrected chi connectivity index (χ3v) is 2.51. The molecule has 0 aliphatic heterocycles. The first-order valence-electron chi connectivity index (χ1n) is 5.67. The summed E-state index contributed by atoms with van der Waals surface area (Å²) in [7, 11) is 0. The van der Waals surface area contributed by atoms with Gasteiger partial charge in [0.2, 0.25) is 5.91 Å². The third-order valence-electron chi connectivity index (χ3n) is 2.51. The molecular weight excluding hydrogens is 234 g/mol. The third kappa shape index (κ3) is 3.56. The van der Waals surface area contributed by atoms with Crippen molar-refractivity contribution in [1.82, 2.24) is 0 Å². The fourth-order valence-electron chi connectivity index (χ4n) is 1.60. The van der Waals surface area contributed by atoms with Crippen LogP contribution in [0, 0.1) is 13.8 Å². The van der Waals surface area contributed by atoms with Gasteiger partial charge in [-0.15, -0.1) is 0 Å². The lowest BCUT2D eigenvalue weighted by atomic mass is 10.0. The number of benzene rings is 1. The molecule has 18 heavy (non-hydrogen) atoms. The second kappa shape index (κ2) is 6.16. The second-order valence-corrected chi connectivity index (χ2v) is 3.97. The lowest BCUT2D eigenvalue weighted by Gasteiger charge is -2.11. The SMILES string of the molecule is CCOCC(=O)Nc1cc(C(=O)O)c(C)cc1C. The maximum Gasteiger partial charge on any atom is 0.336 e. The molecule has 0 saturated carbocycles. The molecule has 0 bridgehead atoms. The molecular formula is C13H17NO4. The Morgan fingerprint density at radius 2 is 1.94 bits per heavy atom. The van der Waals surface area contributed by atoms with E-state index in [1.54, 1.807) is 19.9 Å². The Morgan fingerprint density at radius 3 is 2.50 bits per heavy atom. The molecule has 1 aromatic carbocycles. The number of amides is 1. The average molecular weight is 251 g/mol. The highest BCUT2D eigenvalue weighted by Crippen LogP contribution is 2.20. The van der Waals surface area contributed by atoms with Crippen molar-refractivity contribution in [2.45, 2.75) is 20.8 Å². The lowest BCUT2D eigenvalue weighted by molar-refractivity contribution is -0.120. The monoisotopic (exact) mass is 251 g/mol. The van der Waals surface area contributed by atoms with E-state index in [4.69, 9.17) is 9.84 Å². The van der Waals surface area contributed by atoms with Gasteiger partial charge in [-0.05, 0) is 38.0 Å². The Hall–Kier alpha value is -1.88. The zero-order valence-corrected chi connectivity index (χ0v) is 10.7. The van der Waals surface area contributed by atoms with Gasteiger partial charge in [0, 0.05) is 12.3 Å². The summed E-state index contributed by atoms with van der Waals surface area (Å²) in [6.45, 7) is 5.76. The molecule has 0 spiro atoms. The molecule has 5 heteroatoms. The highest BCUT2D eigenvalue weighted by molar-refractivity contribution is 5.96. The summed E-state index contributed by atoms with van der Waals surface area (Å²) in [6, 6.07) is 3.20. The Balaban J connectivity index is 2.92. The van der Waals surface area contributed by atoms with Crippen molar-refractivity contribution in [2.24, 2.45) is 0 Å². The number of carbonyl (C=O) groups excluding carboxylic acids is 1. The van der Waals surface area contributed by atoms with Crippen LogP contribution in [0.3, 0.4) is 0 Å². The van der Waals surface area contributed by atoms with Crippen molar-refractivity contribution in [1.29, 1.82) is 0 Å². The van der Waals surface area contributed by atoms with Gasteiger partial charge in [-0.2, -0.15) is 0 Å². The number of aromatic carboxylic acids is 1. The number of nitrogens with one attached hydrogen (secondary N) is 1. The Morgan fingerprint density at radius 1 is 1.28 bits per heavy atom. The predicted molar refractivity (Wildman–Crippen MR) is 68.0 cm³/mol. The fourth-order valence-corrected chi connectivity index (χ4v) is 1.60. The fraction of sp³-hybridized carbons (Fsp3) is 0.385. The van der Waals surface area contributed by atoms with Crippen LogP contribution in [0.2, 0.25) is 0 Å². The molecule has 1 rings (SSSR count). The molecule has 0 radical (unpaired) electrons. The number of anilines is 1. The molecule has 0 saturated heterocycles. The molecule has 0 aliphatic rings. The van der Waals surface area contributed by atoms with E-state index >= 15 is 0 Å². The van der Waals surface area contributed by atoms with Gasteiger partial charge in [0.05, 0.1) is 5.56 Å². The van der Waals surface area contributed by atoms with Crippen molar-refractivity contribution < 1.29 is 19.4 Å². The molecule has 0 aliphatic carbocycles. The number of carboxylic acid groups (broad SMARTS) is 1. The van der Waals surface area contributed by atoms with Gasteiger partial charge in [0.15, 0.2) is 0 Å². The molecule has 0 heterocycles. The maximum atomic E-state index is 11.5. The highest BCUT2D eigenvalue weighted by Gasteiger charge is 2.12. The summed E-state index contributed by atoms with van der Waals surface area (Å²) in [4.78, 5) is 22.5. The summed E-state index contributed by atoms with van der Waals surface area (Å²) in [5.74, 6) is -1.30. The van der Waals surface area contributed by atoms with Crippen molar-refractivity contribution in [2.75, 3.05) is 18.5 Å². The van der Waals surface area contributed by atoms with E-state index in [0.717, 1.165) is 5.56 Å². The number of hydrogen-bond donors (Lipinski definition) is 2. The van der Waals surface area contributed by atoms with Crippen LogP contribution >= 0.6 is 0 Å². The smallest absolute Gasteiger partial charge is 0.336 e. The van der Waals surface area contributed by atoms with Gasteiger partial charge in [-0.25, -0.2) is 4.79 Å². The van der Waals surface area contributed by atoms with E-state index in [1.165, 1.54) is 6.07 Å². The standard InChI is InChI=1S/C13H17NO4/c1-4-18-7-12(15)14-11-6-10(13(16)17)8(2)5-9(11)3/h5-6H,4,7H2,1-3H3,(H,14,15)(H,16,17). The molecule has 0 unspecified atom stereocenters. The highest BCUT2D eigenvalue weighted by atomic mass is 16.5. The summed E-state index contributed by atoms with van der Waals surface area (Å²) in [6.07, 6.45) is 0. The van der Waals surface area contributed by atoms with Gasteiger partial charge in [-0.1, -0.05) is 6.07 Å². The van der Waals surface area contributed by atoms with Crippen molar-refractivity contribution in [3.8, 4) is 0 Å². The van der Waals surface area contributed by atoms with Crippen molar-refractivity contribution in [3.63, 3.8) is 0 Å². The number of hydrogen-bond acceptors (Lipinski definition) is 3. The van der Waals surface area contributed by atoms with Gasteiger partial charge >= 0.3 is 5.97 Å². The summed E-state index contributed by atoms with van der Waals surface area (Å²) < 4.78 is 4.98. The number of rotatable bonds is 5. The van der Waals surface area contributed by atoms with Gasteiger partial charge in [0.25, 0.3) is 0 Å². The van der Waals surface area contributed by atoms with Crippen LogP contribution in [0.4, 0.5) is 5.69 Å². The maximum absolute atomic E-state index is 11.5. The van der Waals surface area contributed by atoms with E-state index < -0.39 is 5.97 Å². The van der Waals surface area contributed by atoms with E-state index in [9.17, 15) is 9.59 Å². The first-order valence-corrected chi connectivity index (χ1v) is 5.67. The average Bonchev–Trinajstić information content (AvgIpc) is 2.29. The minimum absolute atomic E-state index is 0.0355. The zero-order valence-electron chi connectivity index (χ0n) is 10.7. The number of aryl methyl sites for hydroxylation is 2. The number of ether oxygens (including phenoxy) is 1. The van der Waals surface area contributed by atoms with Crippen molar-refractivity contribution >= 4 is 17.6 Å². The minimum atomic E-state index is -1.01. The summed E-state index contributed by atoms with van der Waals surface area (Å²) in [5, 5.41) is 11.7. The van der Waals surface area contributed by atoms with Gasteiger partial charge in [-0.3, -0.25) is 4.79 Å². The van der Waals surface area contributed by atoms with E-state index in [-0.39, 0.29) is 18.1 Å². The summed E-state index contributed by atoms with van der Waals surface area (Å²) in [5.41, 5.74) is 2.18. The van der Waals surface area contributed by atoms with Crippen LogP contribution in [0.5, 0.6) is 0 Å². The normalized spacial score (nSPS) is 10.2. The molecule has 0 fully saturated rings. The van der Waals surface area contributed by atoms with Crippen LogP contribution in [0.1, 0.15) is 28.4 Å². The molecule has 1 aromatic rings. The predicted octanol–water partition coefficient (Wildman–Crippen LogP) is 1.98.